The van der Waals surface area contributed by atoms with Gasteiger partial charge < -0.3 is 15.5 Å². The molecular formula is C14H31N3. The molecule has 0 saturated carbocycles. The van der Waals surface area contributed by atoms with Gasteiger partial charge in [-0.3, -0.25) is 0 Å². The molecule has 17 heavy (non-hydrogen) atoms. The quantitative estimate of drug-likeness (QED) is 0.659. The van der Waals surface area contributed by atoms with Gasteiger partial charge in [0.05, 0.1) is 0 Å². The molecule has 0 amide bonds. The van der Waals surface area contributed by atoms with Gasteiger partial charge in [0.1, 0.15) is 0 Å². The molecule has 2 N–H and O–H groups in total. The minimum absolute atomic E-state index is 0.790. The Kier molecular flexibility index (Phi) is 7.82. The van der Waals surface area contributed by atoms with E-state index < -0.39 is 0 Å². The zero-order valence-corrected chi connectivity index (χ0v) is 11.8. The van der Waals surface area contributed by atoms with Gasteiger partial charge >= 0.3 is 0 Å². The Morgan fingerprint density at radius 2 is 1.88 bits per heavy atom. The number of likely N-dealkylation sites (N-methyl/N-ethyl adjacent to an activating group) is 2. The first-order valence-corrected chi connectivity index (χ1v) is 7.33. The Hall–Kier alpha value is -0.120. The van der Waals surface area contributed by atoms with Crippen LogP contribution >= 0.6 is 0 Å². The van der Waals surface area contributed by atoms with Gasteiger partial charge in [-0.15, -0.1) is 0 Å². The molecule has 1 saturated heterocycles. The Balaban J connectivity index is 2.02. The molecule has 0 aromatic rings. The summed E-state index contributed by atoms with van der Waals surface area (Å²) >= 11 is 0. The molecule has 1 aliphatic heterocycles. The first-order valence-electron chi connectivity index (χ1n) is 7.33. The highest BCUT2D eigenvalue weighted by Crippen LogP contribution is 2.14. The van der Waals surface area contributed by atoms with E-state index in [0.29, 0.717) is 0 Å². The van der Waals surface area contributed by atoms with Crippen LogP contribution in [-0.4, -0.2) is 56.1 Å². The lowest BCUT2D eigenvalue weighted by Gasteiger charge is -2.35. The van der Waals surface area contributed by atoms with Crippen LogP contribution in [-0.2, 0) is 0 Å². The van der Waals surface area contributed by atoms with E-state index in [1.807, 2.05) is 0 Å². The number of hydrogen-bond donors (Lipinski definition) is 1. The van der Waals surface area contributed by atoms with Crippen molar-refractivity contribution in [1.82, 2.24) is 9.80 Å². The second-order valence-corrected chi connectivity index (χ2v) is 5.60. The average Bonchev–Trinajstić information content (AvgIpc) is 2.33. The number of hydrogen-bond acceptors (Lipinski definition) is 3. The minimum Gasteiger partial charge on any atom is -0.330 e. The smallest absolute Gasteiger partial charge is 0.0220 e. The lowest BCUT2D eigenvalue weighted by molar-refractivity contribution is 0.133. The Morgan fingerprint density at radius 3 is 2.59 bits per heavy atom. The molecule has 0 spiro atoms. The topological polar surface area (TPSA) is 32.5 Å². The number of piperidine rings is 1. The maximum atomic E-state index is 5.49. The number of likely N-dealkylation sites (tertiary alicyclic amines) is 1. The van der Waals surface area contributed by atoms with Crippen molar-refractivity contribution in [2.45, 2.75) is 51.0 Å². The maximum Gasteiger partial charge on any atom is 0.0220 e. The van der Waals surface area contributed by atoms with Crippen molar-refractivity contribution in [2.24, 2.45) is 5.73 Å². The third-order valence-electron chi connectivity index (χ3n) is 3.94. The van der Waals surface area contributed by atoms with Crippen LogP contribution < -0.4 is 5.73 Å². The highest BCUT2D eigenvalue weighted by molar-refractivity contribution is 4.77. The summed E-state index contributed by atoms with van der Waals surface area (Å²) in [5.41, 5.74) is 5.49. The highest BCUT2D eigenvalue weighted by Gasteiger charge is 2.20. The summed E-state index contributed by atoms with van der Waals surface area (Å²) in [6.45, 7) is 4.66. The molecule has 3 heteroatoms. The molecular weight excluding hydrogens is 210 g/mol. The normalized spacial score (nSPS) is 22.2. The first kappa shape index (κ1) is 14.9. The maximum absolute atomic E-state index is 5.49. The Labute approximate surface area is 107 Å². The molecule has 1 fully saturated rings. The third kappa shape index (κ3) is 6.39. The number of nitrogens with two attached hydrogens (primary N) is 1. The molecule has 3 nitrogen and oxygen atoms in total. The van der Waals surface area contributed by atoms with Gasteiger partial charge in [0, 0.05) is 12.6 Å². The molecule has 0 aromatic carbocycles. The monoisotopic (exact) mass is 241 g/mol. The fraction of sp³-hybridized carbons (Fsp3) is 1.00. The van der Waals surface area contributed by atoms with Crippen LogP contribution in [0, 0.1) is 0 Å². The van der Waals surface area contributed by atoms with Gasteiger partial charge in [-0.05, 0) is 59.4 Å². The van der Waals surface area contributed by atoms with Gasteiger partial charge in [-0.25, -0.2) is 0 Å². The van der Waals surface area contributed by atoms with Gasteiger partial charge in [0.25, 0.3) is 0 Å². The van der Waals surface area contributed by atoms with Crippen molar-refractivity contribution >= 4 is 0 Å². The molecule has 1 heterocycles. The third-order valence-corrected chi connectivity index (χ3v) is 3.94. The second kappa shape index (κ2) is 8.90. The fourth-order valence-corrected chi connectivity index (χ4v) is 2.72. The predicted octanol–water partition coefficient (Wildman–Crippen LogP) is 1.92. The Bertz CT molecular complexity index is 184. The number of rotatable bonds is 8. The van der Waals surface area contributed by atoms with Crippen molar-refractivity contribution in [3.8, 4) is 0 Å². The second-order valence-electron chi connectivity index (χ2n) is 5.60. The standard InChI is InChI=1S/C14H31N3/c1-16-11-8-9-14(13-16)17(2)12-7-5-3-4-6-10-15/h14H,3-13,15H2,1-2H3. The summed E-state index contributed by atoms with van der Waals surface area (Å²) in [7, 11) is 4.54. The van der Waals surface area contributed by atoms with Gasteiger partial charge in [0.15, 0.2) is 0 Å². The van der Waals surface area contributed by atoms with Crippen molar-refractivity contribution in [1.29, 1.82) is 0 Å². The van der Waals surface area contributed by atoms with Crippen LogP contribution in [0.15, 0.2) is 0 Å². The zero-order chi connectivity index (χ0) is 12.5. The van der Waals surface area contributed by atoms with E-state index in [4.69, 9.17) is 5.73 Å². The average molecular weight is 241 g/mol. The molecule has 0 aromatic heterocycles. The largest absolute Gasteiger partial charge is 0.330 e. The molecule has 102 valence electrons. The van der Waals surface area contributed by atoms with Gasteiger partial charge in [-0.2, -0.15) is 0 Å². The summed E-state index contributed by atoms with van der Waals surface area (Å²) in [5.74, 6) is 0. The van der Waals surface area contributed by atoms with E-state index in [2.05, 4.69) is 23.9 Å². The van der Waals surface area contributed by atoms with Crippen molar-refractivity contribution in [2.75, 3.05) is 40.3 Å². The molecule has 1 rings (SSSR count). The van der Waals surface area contributed by atoms with Gasteiger partial charge in [-0.1, -0.05) is 19.3 Å². The predicted molar refractivity (Wildman–Crippen MR) is 75.3 cm³/mol. The van der Waals surface area contributed by atoms with Crippen LogP contribution in [0.5, 0.6) is 0 Å². The van der Waals surface area contributed by atoms with Crippen LogP contribution in [0.3, 0.4) is 0 Å². The van der Waals surface area contributed by atoms with E-state index in [1.54, 1.807) is 0 Å². The summed E-state index contributed by atoms with van der Waals surface area (Å²) in [6, 6.07) is 0.790. The SMILES string of the molecule is CN1CCCC(N(C)CCCCCCCN)C1. The van der Waals surface area contributed by atoms with Crippen LogP contribution in [0.25, 0.3) is 0 Å². The molecule has 0 aliphatic carbocycles. The molecule has 0 bridgehead atoms. The van der Waals surface area contributed by atoms with E-state index in [9.17, 15) is 0 Å². The van der Waals surface area contributed by atoms with Crippen molar-refractivity contribution < 1.29 is 0 Å². The lowest BCUT2D eigenvalue weighted by atomic mass is 10.0. The van der Waals surface area contributed by atoms with E-state index >= 15 is 0 Å². The number of nitrogens with zero attached hydrogens (tertiary/aromatic N) is 2. The summed E-state index contributed by atoms with van der Waals surface area (Å²) in [4.78, 5) is 5.03. The van der Waals surface area contributed by atoms with Crippen molar-refractivity contribution in [3.05, 3.63) is 0 Å². The highest BCUT2D eigenvalue weighted by atomic mass is 15.2. The van der Waals surface area contributed by atoms with Gasteiger partial charge in [0.2, 0.25) is 0 Å². The lowest BCUT2D eigenvalue weighted by Crippen LogP contribution is -2.45. The number of unbranched alkanes of at least 4 members (excludes halogenated alkanes) is 4. The Morgan fingerprint density at radius 1 is 1.18 bits per heavy atom. The summed E-state index contributed by atoms with van der Waals surface area (Å²) < 4.78 is 0. The molecule has 1 atom stereocenters. The van der Waals surface area contributed by atoms with E-state index in [0.717, 1.165) is 12.6 Å². The van der Waals surface area contributed by atoms with Crippen LogP contribution in [0.2, 0.25) is 0 Å². The van der Waals surface area contributed by atoms with Crippen LogP contribution in [0.1, 0.15) is 44.9 Å². The molecule has 0 radical (unpaired) electrons. The zero-order valence-electron chi connectivity index (χ0n) is 11.8. The van der Waals surface area contributed by atoms with E-state index in [-0.39, 0.29) is 0 Å². The minimum atomic E-state index is 0.790. The molecule has 1 aliphatic rings. The van der Waals surface area contributed by atoms with E-state index in [1.165, 1.54) is 64.6 Å². The fourth-order valence-electron chi connectivity index (χ4n) is 2.72. The first-order chi connectivity index (χ1) is 8.24. The summed E-state index contributed by atoms with van der Waals surface area (Å²) in [5, 5.41) is 0. The molecule has 1 unspecified atom stereocenters. The van der Waals surface area contributed by atoms with Crippen LogP contribution in [0.4, 0.5) is 0 Å². The van der Waals surface area contributed by atoms with Crippen molar-refractivity contribution in [3.63, 3.8) is 0 Å². The summed E-state index contributed by atoms with van der Waals surface area (Å²) in [6.07, 6.45) is 9.33.